The third kappa shape index (κ3) is 5.04. The van der Waals surface area contributed by atoms with Crippen molar-refractivity contribution in [3.05, 3.63) is 33.9 Å². The van der Waals surface area contributed by atoms with Crippen molar-refractivity contribution < 1.29 is 19.2 Å². The van der Waals surface area contributed by atoms with Crippen LogP contribution in [-0.2, 0) is 9.53 Å². The van der Waals surface area contributed by atoms with Crippen molar-refractivity contribution in [2.45, 2.75) is 0 Å². The fourth-order valence-corrected chi connectivity index (χ4v) is 1.46. The van der Waals surface area contributed by atoms with Gasteiger partial charge in [-0.1, -0.05) is 0 Å². The van der Waals surface area contributed by atoms with Crippen LogP contribution in [0.15, 0.2) is 18.2 Å². The van der Waals surface area contributed by atoms with Crippen molar-refractivity contribution in [3.63, 3.8) is 0 Å². The number of anilines is 1. The van der Waals surface area contributed by atoms with E-state index in [2.05, 4.69) is 10.7 Å². The summed E-state index contributed by atoms with van der Waals surface area (Å²) in [5.74, 6) is 4.07. The van der Waals surface area contributed by atoms with Crippen LogP contribution < -0.4 is 22.3 Å². The van der Waals surface area contributed by atoms with Crippen LogP contribution in [0.4, 0.5) is 11.4 Å². The number of carbonyl (C=O) groups is 2. The van der Waals surface area contributed by atoms with Crippen LogP contribution >= 0.6 is 0 Å². The molecule has 0 aliphatic carbocycles. The molecule has 0 aliphatic heterocycles. The highest BCUT2D eigenvalue weighted by Gasteiger charge is 2.16. The second-order valence-corrected chi connectivity index (χ2v) is 3.91. The second-order valence-electron chi connectivity index (χ2n) is 3.91. The number of nitro groups is 1. The number of nitrogen functional groups attached to an aromatic ring is 1. The van der Waals surface area contributed by atoms with E-state index in [4.69, 9.17) is 16.3 Å². The van der Waals surface area contributed by atoms with Gasteiger partial charge in [0.05, 0.1) is 22.8 Å². The lowest BCUT2D eigenvalue weighted by Crippen LogP contribution is -2.29. The molecule has 0 saturated heterocycles. The zero-order valence-electron chi connectivity index (χ0n) is 11.0. The number of amides is 2. The lowest BCUT2D eigenvalue weighted by molar-refractivity contribution is -0.384. The van der Waals surface area contributed by atoms with Gasteiger partial charge in [-0.3, -0.25) is 25.5 Å². The van der Waals surface area contributed by atoms with Crippen molar-refractivity contribution in [1.29, 1.82) is 0 Å². The first kappa shape index (κ1) is 16.3. The molecule has 1 rings (SSSR count). The third-order valence-electron chi connectivity index (χ3n) is 2.39. The van der Waals surface area contributed by atoms with E-state index in [-0.39, 0.29) is 36.7 Å². The summed E-state index contributed by atoms with van der Waals surface area (Å²) < 4.78 is 4.86. The molecular formula is C11H15N5O5. The number of nitrogens with zero attached hydrogens (tertiary/aromatic N) is 1. The van der Waals surface area contributed by atoms with Crippen molar-refractivity contribution in [2.75, 3.05) is 25.2 Å². The molecular weight excluding hydrogens is 282 g/mol. The maximum atomic E-state index is 11.9. The van der Waals surface area contributed by atoms with E-state index in [9.17, 15) is 19.7 Å². The molecule has 0 spiro atoms. The van der Waals surface area contributed by atoms with Gasteiger partial charge in [0.15, 0.2) is 0 Å². The minimum absolute atomic E-state index is 0.0293. The minimum atomic E-state index is -0.618. The highest BCUT2D eigenvalue weighted by molar-refractivity contribution is 6.00. The molecule has 0 bridgehead atoms. The normalized spacial score (nSPS) is 9.95. The number of ether oxygens (including phenoxy) is 1. The Bertz CT molecular complexity index is 548. The quantitative estimate of drug-likeness (QED) is 0.209. The smallest absolute Gasteiger partial charge is 0.270 e. The largest absolute Gasteiger partial charge is 0.370 e. The van der Waals surface area contributed by atoms with Crippen molar-refractivity contribution in [2.24, 2.45) is 11.6 Å². The first-order chi connectivity index (χ1) is 9.95. The number of nitrogens with one attached hydrogen (secondary N) is 2. The molecule has 21 heavy (non-hydrogen) atoms. The molecule has 10 heteroatoms. The molecule has 2 amide bonds. The number of hydrogen-bond acceptors (Lipinski definition) is 7. The molecule has 1 aromatic rings. The average Bonchev–Trinajstić information content (AvgIpc) is 2.45. The number of nitrogens with two attached hydrogens (primary N) is 2. The van der Waals surface area contributed by atoms with Crippen LogP contribution in [-0.4, -0.2) is 36.5 Å². The van der Waals surface area contributed by atoms with Gasteiger partial charge in [0, 0.05) is 18.7 Å². The summed E-state index contributed by atoms with van der Waals surface area (Å²) in [5, 5.41) is 13.2. The maximum absolute atomic E-state index is 11.9. The Morgan fingerprint density at radius 3 is 2.67 bits per heavy atom. The van der Waals surface area contributed by atoms with Gasteiger partial charge in [0.2, 0.25) is 5.91 Å². The number of hydrogen-bond donors (Lipinski definition) is 4. The Balaban J connectivity index is 2.65. The number of primary amides is 1. The van der Waals surface area contributed by atoms with Gasteiger partial charge in [0.1, 0.15) is 6.61 Å². The minimum Gasteiger partial charge on any atom is -0.370 e. The third-order valence-corrected chi connectivity index (χ3v) is 2.39. The Morgan fingerprint density at radius 1 is 1.38 bits per heavy atom. The fourth-order valence-electron chi connectivity index (χ4n) is 1.46. The van der Waals surface area contributed by atoms with E-state index >= 15 is 0 Å². The summed E-state index contributed by atoms with van der Waals surface area (Å²) in [7, 11) is 0. The Kier molecular flexibility index (Phi) is 6.04. The lowest BCUT2D eigenvalue weighted by atomic mass is 10.1. The van der Waals surface area contributed by atoms with Gasteiger partial charge in [-0.05, 0) is 6.07 Å². The summed E-state index contributed by atoms with van der Waals surface area (Å²) in [4.78, 5) is 32.4. The van der Waals surface area contributed by atoms with Crippen molar-refractivity contribution in [1.82, 2.24) is 5.32 Å². The van der Waals surface area contributed by atoms with E-state index in [1.165, 1.54) is 12.1 Å². The van der Waals surface area contributed by atoms with Gasteiger partial charge < -0.3 is 21.2 Å². The predicted molar refractivity (Wildman–Crippen MR) is 73.3 cm³/mol. The highest BCUT2D eigenvalue weighted by Crippen LogP contribution is 2.21. The molecule has 0 radical (unpaired) electrons. The summed E-state index contributed by atoms with van der Waals surface area (Å²) in [6.07, 6.45) is 0. The summed E-state index contributed by atoms with van der Waals surface area (Å²) in [6.45, 7) is -0.0594. The number of rotatable bonds is 8. The number of non-ortho nitro benzene ring substituents is 1. The van der Waals surface area contributed by atoms with Gasteiger partial charge >= 0.3 is 0 Å². The summed E-state index contributed by atoms with van der Waals surface area (Å²) >= 11 is 0. The van der Waals surface area contributed by atoms with Crippen LogP contribution in [0.3, 0.4) is 0 Å². The number of nitro benzene ring substituents is 1. The molecule has 0 atom stereocenters. The van der Waals surface area contributed by atoms with Crippen molar-refractivity contribution >= 4 is 23.2 Å². The summed E-state index contributed by atoms with van der Waals surface area (Å²) in [5.41, 5.74) is 7.20. The Labute approximate surface area is 119 Å². The van der Waals surface area contributed by atoms with Crippen LogP contribution in [0.1, 0.15) is 10.4 Å². The van der Waals surface area contributed by atoms with Crippen LogP contribution in [0.2, 0.25) is 0 Å². The molecule has 0 fully saturated rings. The topological polar surface area (TPSA) is 163 Å². The molecule has 0 aromatic heterocycles. The fraction of sp³-hybridized carbons (Fsp3) is 0.273. The molecule has 6 N–H and O–H groups in total. The predicted octanol–water partition coefficient (Wildman–Crippen LogP) is -0.888. The molecule has 10 nitrogen and oxygen atoms in total. The van der Waals surface area contributed by atoms with E-state index < -0.39 is 16.7 Å². The van der Waals surface area contributed by atoms with Crippen LogP contribution in [0.5, 0.6) is 0 Å². The number of carbonyl (C=O) groups excluding carboxylic acids is 2. The van der Waals surface area contributed by atoms with Crippen LogP contribution in [0.25, 0.3) is 0 Å². The van der Waals surface area contributed by atoms with Gasteiger partial charge in [-0.2, -0.15) is 0 Å². The maximum Gasteiger partial charge on any atom is 0.270 e. The van der Waals surface area contributed by atoms with Crippen LogP contribution in [0, 0.1) is 10.1 Å². The van der Waals surface area contributed by atoms with Gasteiger partial charge in [-0.15, -0.1) is 0 Å². The highest BCUT2D eigenvalue weighted by atomic mass is 16.6. The van der Waals surface area contributed by atoms with E-state index in [0.29, 0.717) is 0 Å². The lowest BCUT2D eigenvalue weighted by Gasteiger charge is -2.09. The van der Waals surface area contributed by atoms with Gasteiger partial charge in [0.25, 0.3) is 11.6 Å². The van der Waals surface area contributed by atoms with Crippen molar-refractivity contribution in [3.8, 4) is 0 Å². The zero-order valence-corrected chi connectivity index (χ0v) is 11.0. The molecule has 0 heterocycles. The zero-order chi connectivity index (χ0) is 15.8. The van der Waals surface area contributed by atoms with E-state index in [1.54, 1.807) is 0 Å². The molecule has 114 valence electrons. The molecule has 0 aliphatic rings. The summed E-state index contributed by atoms with van der Waals surface area (Å²) in [6, 6.07) is 3.66. The Morgan fingerprint density at radius 2 is 2.10 bits per heavy atom. The molecule has 0 saturated carbocycles. The first-order valence-corrected chi connectivity index (χ1v) is 5.85. The standard InChI is InChI=1S/C11H15N5O5/c12-10(17)6-21-4-3-14-11(18)8-5-7(16(19)20)1-2-9(8)15-13/h1-2,5,15H,3-4,6,13H2,(H2,12,17)(H,14,18). The average molecular weight is 297 g/mol. The molecule has 0 unspecified atom stereocenters. The first-order valence-electron chi connectivity index (χ1n) is 5.85. The SMILES string of the molecule is NNc1ccc([N+](=O)[O-])cc1C(=O)NCCOCC(N)=O. The van der Waals surface area contributed by atoms with E-state index in [0.717, 1.165) is 6.07 Å². The number of hydrazine groups is 1. The van der Waals surface area contributed by atoms with Gasteiger partial charge in [-0.25, -0.2) is 0 Å². The molecule has 1 aromatic carbocycles. The monoisotopic (exact) mass is 297 g/mol. The van der Waals surface area contributed by atoms with E-state index in [1.807, 2.05) is 0 Å². The number of benzene rings is 1. The Hall–Kier alpha value is -2.72. The second kappa shape index (κ2) is 7.77.